The summed E-state index contributed by atoms with van der Waals surface area (Å²) in [5.74, 6) is 2.36. The van der Waals surface area contributed by atoms with Gasteiger partial charge < -0.3 is 4.43 Å². The Morgan fingerprint density at radius 2 is 1.90 bits per heavy atom. The van der Waals surface area contributed by atoms with Gasteiger partial charge in [0.15, 0.2) is 8.32 Å². The smallest absolute Gasteiger partial charge is 0.183 e. The van der Waals surface area contributed by atoms with Crippen molar-refractivity contribution in [2.24, 2.45) is 0 Å². The topological polar surface area (TPSA) is 9.23 Å². The van der Waals surface area contributed by atoms with E-state index in [4.69, 9.17) is 4.43 Å². The predicted molar refractivity (Wildman–Crippen MR) is 52.3 cm³/mol. The summed E-state index contributed by atoms with van der Waals surface area (Å²) in [5, 5.41) is 0. The summed E-state index contributed by atoms with van der Waals surface area (Å²) in [7, 11) is -1.22. The first-order chi connectivity index (χ1) is 4.56. The Labute approximate surface area is 69.7 Å². The van der Waals surface area contributed by atoms with Crippen LogP contribution in [0.4, 0.5) is 0 Å². The monoisotopic (exact) mass is 178 g/mol. The molecule has 0 aromatic rings. The number of rotatable bonds is 5. The van der Waals surface area contributed by atoms with Gasteiger partial charge in [-0.3, -0.25) is 0 Å². The maximum absolute atomic E-state index is 5.65. The van der Waals surface area contributed by atoms with E-state index in [0.717, 1.165) is 12.4 Å². The van der Waals surface area contributed by atoms with Gasteiger partial charge in [-0.25, -0.2) is 0 Å². The second-order valence-electron chi connectivity index (χ2n) is 3.16. The highest BCUT2D eigenvalue weighted by Crippen LogP contribution is 2.04. The van der Waals surface area contributed by atoms with Gasteiger partial charge in [0.25, 0.3) is 0 Å². The van der Waals surface area contributed by atoms with Crippen LogP contribution in [0.1, 0.15) is 6.92 Å². The van der Waals surface area contributed by atoms with E-state index in [9.17, 15) is 0 Å². The van der Waals surface area contributed by atoms with Gasteiger partial charge in [-0.05, 0) is 25.4 Å². The lowest BCUT2D eigenvalue weighted by molar-refractivity contribution is 0.338. The molecule has 0 saturated carbocycles. The number of thioether (sulfide) groups is 1. The van der Waals surface area contributed by atoms with Crippen LogP contribution in [0.2, 0.25) is 19.6 Å². The van der Waals surface area contributed by atoms with Crippen molar-refractivity contribution in [2.75, 3.05) is 18.1 Å². The third-order valence-corrected chi connectivity index (χ3v) is 2.90. The molecule has 0 rings (SSSR count). The third-order valence-electron chi connectivity index (χ3n) is 0.967. The van der Waals surface area contributed by atoms with Crippen LogP contribution >= 0.6 is 11.8 Å². The fourth-order valence-corrected chi connectivity index (χ4v) is 1.90. The van der Waals surface area contributed by atoms with Crippen molar-refractivity contribution in [2.45, 2.75) is 26.6 Å². The van der Waals surface area contributed by atoms with E-state index < -0.39 is 8.32 Å². The Kier molecular flexibility index (Phi) is 5.49. The highest BCUT2D eigenvalue weighted by molar-refractivity contribution is 7.99. The van der Waals surface area contributed by atoms with Crippen molar-refractivity contribution in [1.29, 1.82) is 0 Å². The Bertz CT molecular complexity index is 80.2. The van der Waals surface area contributed by atoms with Crippen molar-refractivity contribution in [3.05, 3.63) is 0 Å². The van der Waals surface area contributed by atoms with Crippen molar-refractivity contribution < 1.29 is 4.43 Å². The minimum absolute atomic E-state index is 0.939. The molecule has 0 aliphatic carbocycles. The van der Waals surface area contributed by atoms with Gasteiger partial charge in [0.1, 0.15) is 0 Å². The molecular formula is C7H18OSSi. The van der Waals surface area contributed by atoms with Gasteiger partial charge in [0.05, 0.1) is 0 Å². The van der Waals surface area contributed by atoms with Gasteiger partial charge in [-0.2, -0.15) is 11.8 Å². The summed E-state index contributed by atoms with van der Waals surface area (Å²) in [5.41, 5.74) is 0. The van der Waals surface area contributed by atoms with Gasteiger partial charge >= 0.3 is 0 Å². The van der Waals surface area contributed by atoms with Crippen LogP contribution in [0.15, 0.2) is 0 Å². The Morgan fingerprint density at radius 3 is 2.30 bits per heavy atom. The summed E-state index contributed by atoms with van der Waals surface area (Å²) in [6, 6.07) is 0. The van der Waals surface area contributed by atoms with Gasteiger partial charge in [0, 0.05) is 12.4 Å². The fourth-order valence-electron chi connectivity index (χ4n) is 0.551. The van der Waals surface area contributed by atoms with Crippen LogP contribution in [0.25, 0.3) is 0 Å². The quantitative estimate of drug-likeness (QED) is 0.473. The van der Waals surface area contributed by atoms with E-state index in [2.05, 4.69) is 26.6 Å². The fraction of sp³-hybridized carbons (Fsp3) is 1.00. The van der Waals surface area contributed by atoms with Gasteiger partial charge in [-0.1, -0.05) is 6.92 Å². The lowest BCUT2D eigenvalue weighted by atomic mass is 10.9. The van der Waals surface area contributed by atoms with E-state index in [1.165, 1.54) is 5.75 Å². The SMILES string of the molecule is CCSCCO[Si](C)(C)C. The zero-order chi connectivity index (χ0) is 8.04. The van der Waals surface area contributed by atoms with Crippen molar-refractivity contribution >= 4 is 20.1 Å². The van der Waals surface area contributed by atoms with Crippen LogP contribution in [0, 0.1) is 0 Å². The molecule has 0 fully saturated rings. The molecule has 0 aliphatic heterocycles. The van der Waals surface area contributed by atoms with Crippen molar-refractivity contribution in [3.63, 3.8) is 0 Å². The maximum atomic E-state index is 5.65. The molecule has 0 amide bonds. The summed E-state index contributed by atoms with van der Waals surface area (Å²) in [6.07, 6.45) is 0. The molecule has 0 atom stereocenters. The third kappa shape index (κ3) is 8.53. The predicted octanol–water partition coefficient (Wildman–Crippen LogP) is 2.59. The molecule has 0 spiro atoms. The van der Waals surface area contributed by atoms with Gasteiger partial charge in [-0.15, -0.1) is 0 Å². The first-order valence-electron chi connectivity index (χ1n) is 3.78. The number of hydrogen-bond donors (Lipinski definition) is 0. The van der Waals surface area contributed by atoms with E-state index in [0.29, 0.717) is 0 Å². The standard InChI is InChI=1S/C7H18OSSi/c1-5-9-7-6-8-10(2,3)4/h5-7H2,1-4H3. The Balaban J connectivity index is 3.04. The molecule has 0 saturated heterocycles. The highest BCUT2D eigenvalue weighted by atomic mass is 32.2. The van der Waals surface area contributed by atoms with Crippen LogP contribution in [-0.2, 0) is 4.43 Å². The molecule has 0 heterocycles. The van der Waals surface area contributed by atoms with E-state index in [1.54, 1.807) is 0 Å². The molecular weight excluding hydrogens is 160 g/mol. The van der Waals surface area contributed by atoms with E-state index in [1.807, 2.05) is 11.8 Å². The summed E-state index contributed by atoms with van der Waals surface area (Å²) in [6.45, 7) is 9.80. The summed E-state index contributed by atoms with van der Waals surface area (Å²) < 4.78 is 5.65. The maximum Gasteiger partial charge on any atom is 0.183 e. The molecule has 10 heavy (non-hydrogen) atoms. The molecule has 0 radical (unpaired) electrons. The molecule has 0 unspecified atom stereocenters. The van der Waals surface area contributed by atoms with Gasteiger partial charge in [0.2, 0.25) is 0 Å². The van der Waals surface area contributed by atoms with Crippen LogP contribution < -0.4 is 0 Å². The Hall–Kier alpha value is 0.527. The van der Waals surface area contributed by atoms with E-state index >= 15 is 0 Å². The molecule has 0 aromatic carbocycles. The lowest BCUT2D eigenvalue weighted by Gasteiger charge is -2.16. The zero-order valence-electron chi connectivity index (χ0n) is 7.44. The summed E-state index contributed by atoms with van der Waals surface area (Å²) in [4.78, 5) is 0. The second kappa shape index (κ2) is 5.21. The van der Waals surface area contributed by atoms with Crippen LogP contribution in [0.5, 0.6) is 0 Å². The van der Waals surface area contributed by atoms with Crippen molar-refractivity contribution in [3.8, 4) is 0 Å². The molecule has 0 aliphatic rings. The normalized spacial score (nSPS) is 12.0. The summed E-state index contributed by atoms with van der Waals surface area (Å²) >= 11 is 1.95. The molecule has 0 aromatic heterocycles. The lowest BCUT2D eigenvalue weighted by Crippen LogP contribution is -2.26. The van der Waals surface area contributed by atoms with Crippen molar-refractivity contribution in [1.82, 2.24) is 0 Å². The van der Waals surface area contributed by atoms with E-state index in [-0.39, 0.29) is 0 Å². The largest absolute Gasteiger partial charge is 0.417 e. The molecule has 0 bridgehead atoms. The molecule has 0 N–H and O–H groups in total. The molecule has 62 valence electrons. The minimum atomic E-state index is -1.22. The molecule has 3 heteroatoms. The van der Waals surface area contributed by atoms with Crippen LogP contribution in [0.3, 0.4) is 0 Å². The zero-order valence-corrected chi connectivity index (χ0v) is 9.25. The Morgan fingerprint density at radius 1 is 1.30 bits per heavy atom. The second-order valence-corrected chi connectivity index (χ2v) is 9.07. The highest BCUT2D eigenvalue weighted by Gasteiger charge is 2.12. The number of hydrogen-bond acceptors (Lipinski definition) is 2. The minimum Gasteiger partial charge on any atom is -0.417 e. The van der Waals surface area contributed by atoms with Crippen LogP contribution in [-0.4, -0.2) is 26.4 Å². The molecule has 1 nitrogen and oxygen atoms in total. The average molecular weight is 178 g/mol. The first-order valence-corrected chi connectivity index (χ1v) is 8.34. The average Bonchev–Trinajstić information content (AvgIpc) is 1.78. The first kappa shape index (κ1) is 10.5.